The topological polar surface area (TPSA) is 55.4 Å². The van der Waals surface area contributed by atoms with Crippen molar-refractivity contribution in [2.75, 3.05) is 11.0 Å². The van der Waals surface area contributed by atoms with Crippen molar-refractivity contribution in [3.8, 4) is 5.75 Å². The molecule has 106 valence electrons. The van der Waals surface area contributed by atoms with E-state index in [-0.39, 0.29) is 12.4 Å². The second-order valence-corrected chi connectivity index (χ2v) is 6.07. The molecule has 0 unspecified atom stereocenters. The molecule has 20 heavy (non-hydrogen) atoms. The molecule has 0 saturated carbocycles. The normalized spacial score (nSPS) is 11.1. The fraction of sp³-hybridized carbons (Fsp3) is 0.143. The van der Waals surface area contributed by atoms with Gasteiger partial charge in [0.2, 0.25) is 10.0 Å². The van der Waals surface area contributed by atoms with Crippen molar-refractivity contribution in [1.29, 1.82) is 0 Å². The van der Waals surface area contributed by atoms with E-state index in [9.17, 15) is 12.8 Å². The highest BCUT2D eigenvalue weighted by Crippen LogP contribution is 2.17. The number of halogens is 1. The van der Waals surface area contributed by atoms with E-state index in [0.29, 0.717) is 11.4 Å². The van der Waals surface area contributed by atoms with E-state index in [4.69, 9.17) is 4.74 Å². The summed E-state index contributed by atoms with van der Waals surface area (Å²) in [7, 11) is -3.28. The predicted molar refractivity (Wildman–Crippen MR) is 75.6 cm³/mol. The molecule has 6 heteroatoms. The zero-order valence-corrected chi connectivity index (χ0v) is 11.7. The molecule has 0 heterocycles. The lowest BCUT2D eigenvalue weighted by atomic mass is 10.2. The lowest BCUT2D eigenvalue weighted by molar-refractivity contribution is 0.305. The highest BCUT2D eigenvalue weighted by atomic mass is 32.2. The molecule has 2 aromatic carbocycles. The van der Waals surface area contributed by atoms with Crippen LogP contribution in [0.25, 0.3) is 0 Å². The SMILES string of the molecule is CS(=O)(=O)Nc1ccc(OCc2cccc(F)c2)cc1. The van der Waals surface area contributed by atoms with Gasteiger partial charge in [-0.2, -0.15) is 0 Å². The molecule has 4 nitrogen and oxygen atoms in total. The number of benzene rings is 2. The van der Waals surface area contributed by atoms with E-state index in [2.05, 4.69) is 4.72 Å². The Kier molecular flexibility index (Phi) is 4.24. The molecular formula is C14H14FNO3S. The van der Waals surface area contributed by atoms with Crippen molar-refractivity contribution in [2.24, 2.45) is 0 Å². The maximum atomic E-state index is 13.0. The number of ether oxygens (including phenoxy) is 1. The molecule has 0 fully saturated rings. The van der Waals surface area contributed by atoms with Crippen LogP contribution in [0.4, 0.5) is 10.1 Å². The molecule has 2 aromatic rings. The fourth-order valence-corrected chi connectivity index (χ4v) is 2.19. The van der Waals surface area contributed by atoms with Gasteiger partial charge >= 0.3 is 0 Å². The summed E-state index contributed by atoms with van der Waals surface area (Å²) < 4.78 is 42.9. The third kappa shape index (κ3) is 4.55. The quantitative estimate of drug-likeness (QED) is 0.923. The van der Waals surface area contributed by atoms with Gasteiger partial charge in [-0.15, -0.1) is 0 Å². The molecular weight excluding hydrogens is 281 g/mol. The zero-order chi connectivity index (χ0) is 14.6. The molecule has 0 aliphatic heterocycles. The van der Waals surface area contributed by atoms with Gasteiger partial charge in [-0.1, -0.05) is 12.1 Å². The van der Waals surface area contributed by atoms with Crippen molar-refractivity contribution >= 4 is 15.7 Å². The molecule has 0 saturated heterocycles. The van der Waals surface area contributed by atoms with E-state index in [1.54, 1.807) is 36.4 Å². The number of hydrogen-bond donors (Lipinski definition) is 1. The molecule has 0 radical (unpaired) electrons. The molecule has 0 spiro atoms. The van der Waals surface area contributed by atoms with Gasteiger partial charge in [0, 0.05) is 5.69 Å². The Morgan fingerprint density at radius 1 is 1.15 bits per heavy atom. The summed E-state index contributed by atoms with van der Waals surface area (Å²) in [6.07, 6.45) is 1.08. The van der Waals surface area contributed by atoms with E-state index in [0.717, 1.165) is 11.8 Å². The van der Waals surface area contributed by atoms with E-state index in [1.807, 2.05) is 0 Å². The van der Waals surface area contributed by atoms with Crippen molar-refractivity contribution in [3.05, 3.63) is 59.9 Å². The summed E-state index contributed by atoms with van der Waals surface area (Å²) in [5, 5.41) is 0. The zero-order valence-electron chi connectivity index (χ0n) is 10.8. The van der Waals surface area contributed by atoms with Gasteiger partial charge in [-0.25, -0.2) is 12.8 Å². The molecule has 2 rings (SSSR count). The molecule has 0 aliphatic rings. The van der Waals surface area contributed by atoms with Gasteiger partial charge in [-0.3, -0.25) is 4.72 Å². The second-order valence-electron chi connectivity index (χ2n) is 4.32. The molecule has 1 N–H and O–H groups in total. The van der Waals surface area contributed by atoms with Crippen LogP contribution in [0, 0.1) is 5.82 Å². The average Bonchev–Trinajstić information content (AvgIpc) is 2.36. The maximum Gasteiger partial charge on any atom is 0.229 e. The number of nitrogens with one attached hydrogen (secondary N) is 1. The Balaban J connectivity index is 1.97. The molecule has 0 aromatic heterocycles. The van der Waals surface area contributed by atoms with Gasteiger partial charge in [-0.05, 0) is 42.0 Å². The van der Waals surface area contributed by atoms with Crippen molar-refractivity contribution in [3.63, 3.8) is 0 Å². The van der Waals surface area contributed by atoms with Crippen LogP contribution in [0.3, 0.4) is 0 Å². The third-order valence-electron chi connectivity index (χ3n) is 2.45. The van der Waals surface area contributed by atoms with E-state index >= 15 is 0 Å². The Morgan fingerprint density at radius 2 is 1.85 bits per heavy atom. The van der Waals surface area contributed by atoms with E-state index < -0.39 is 10.0 Å². The van der Waals surface area contributed by atoms with Crippen LogP contribution in [-0.4, -0.2) is 14.7 Å². The predicted octanol–water partition coefficient (Wildman–Crippen LogP) is 2.78. The Bertz CT molecular complexity index is 684. The molecule has 0 atom stereocenters. The van der Waals surface area contributed by atoms with Crippen LogP contribution in [0.2, 0.25) is 0 Å². The highest BCUT2D eigenvalue weighted by Gasteiger charge is 2.02. The number of sulfonamides is 1. The summed E-state index contributed by atoms with van der Waals surface area (Å²) in [6.45, 7) is 0.247. The summed E-state index contributed by atoms with van der Waals surface area (Å²) in [5.74, 6) is 0.270. The minimum Gasteiger partial charge on any atom is -0.489 e. The maximum absolute atomic E-state index is 13.0. The standard InChI is InChI=1S/C14H14FNO3S/c1-20(17,18)16-13-5-7-14(8-6-13)19-10-11-3-2-4-12(15)9-11/h2-9,16H,10H2,1H3. The van der Waals surface area contributed by atoms with Gasteiger partial charge in [0.15, 0.2) is 0 Å². The van der Waals surface area contributed by atoms with Crippen LogP contribution in [0.5, 0.6) is 5.75 Å². The largest absolute Gasteiger partial charge is 0.489 e. The van der Waals surface area contributed by atoms with Crippen LogP contribution < -0.4 is 9.46 Å². The Morgan fingerprint density at radius 3 is 2.45 bits per heavy atom. The van der Waals surface area contributed by atoms with Crippen LogP contribution in [0.1, 0.15) is 5.56 Å². The number of rotatable bonds is 5. The van der Waals surface area contributed by atoms with E-state index in [1.165, 1.54) is 12.1 Å². The second kappa shape index (κ2) is 5.92. The summed E-state index contributed by atoms with van der Waals surface area (Å²) in [6, 6.07) is 12.6. The molecule has 0 aliphatic carbocycles. The average molecular weight is 295 g/mol. The van der Waals surface area contributed by atoms with Crippen LogP contribution in [0.15, 0.2) is 48.5 Å². The van der Waals surface area contributed by atoms with Gasteiger partial charge in [0.1, 0.15) is 18.2 Å². The first-order valence-corrected chi connectivity index (χ1v) is 7.77. The highest BCUT2D eigenvalue weighted by molar-refractivity contribution is 7.92. The first kappa shape index (κ1) is 14.3. The molecule has 0 bridgehead atoms. The lowest BCUT2D eigenvalue weighted by Crippen LogP contribution is -2.09. The first-order valence-electron chi connectivity index (χ1n) is 5.87. The lowest BCUT2D eigenvalue weighted by Gasteiger charge is -2.08. The Hall–Kier alpha value is -2.08. The number of anilines is 1. The minimum atomic E-state index is -3.28. The van der Waals surface area contributed by atoms with Gasteiger partial charge in [0.25, 0.3) is 0 Å². The van der Waals surface area contributed by atoms with Crippen molar-refractivity contribution in [2.45, 2.75) is 6.61 Å². The summed E-state index contributed by atoms with van der Waals surface area (Å²) >= 11 is 0. The fourth-order valence-electron chi connectivity index (χ4n) is 1.63. The van der Waals surface area contributed by atoms with Crippen molar-refractivity contribution < 1.29 is 17.5 Å². The van der Waals surface area contributed by atoms with Crippen LogP contribution >= 0.6 is 0 Å². The summed E-state index contributed by atoms with van der Waals surface area (Å²) in [4.78, 5) is 0. The van der Waals surface area contributed by atoms with Crippen molar-refractivity contribution in [1.82, 2.24) is 0 Å². The van der Waals surface area contributed by atoms with Gasteiger partial charge in [0.05, 0.1) is 6.26 Å². The Labute approximate surface area is 117 Å². The minimum absolute atomic E-state index is 0.247. The third-order valence-corrected chi connectivity index (χ3v) is 3.06. The summed E-state index contributed by atoms with van der Waals surface area (Å²) in [5.41, 5.74) is 1.19. The van der Waals surface area contributed by atoms with Crippen LogP contribution in [-0.2, 0) is 16.6 Å². The first-order chi connectivity index (χ1) is 9.42. The molecule has 0 amide bonds. The smallest absolute Gasteiger partial charge is 0.229 e. The monoisotopic (exact) mass is 295 g/mol. The van der Waals surface area contributed by atoms with Gasteiger partial charge < -0.3 is 4.74 Å². The number of hydrogen-bond acceptors (Lipinski definition) is 3.